The van der Waals surface area contributed by atoms with E-state index < -0.39 is 0 Å². The van der Waals surface area contributed by atoms with Crippen LogP contribution < -0.4 is 10.2 Å². The molecule has 0 aliphatic heterocycles. The van der Waals surface area contributed by atoms with Crippen LogP contribution in [0.5, 0.6) is 0 Å². The van der Waals surface area contributed by atoms with Crippen molar-refractivity contribution in [2.75, 3.05) is 23.3 Å². The third kappa shape index (κ3) is 4.32. The molecule has 1 aromatic heterocycles. The Morgan fingerprint density at radius 2 is 1.76 bits per heavy atom. The molecule has 0 amide bonds. The van der Waals surface area contributed by atoms with Gasteiger partial charge in [0.25, 0.3) is 0 Å². The van der Waals surface area contributed by atoms with E-state index in [-0.39, 0.29) is 5.82 Å². The monoisotopic (exact) mass is 336 g/mol. The van der Waals surface area contributed by atoms with Gasteiger partial charge in [-0.1, -0.05) is 36.4 Å². The number of nitrogens with one attached hydrogen (secondary N) is 1. The fraction of sp³-hybridized carbons (Fsp3) is 0.200. The van der Waals surface area contributed by atoms with E-state index in [2.05, 4.69) is 22.2 Å². The zero-order valence-corrected chi connectivity index (χ0v) is 14.2. The largest absolute Gasteiger partial charge is 0.370 e. The van der Waals surface area contributed by atoms with Gasteiger partial charge in [0, 0.05) is 25.0 Å². The number of aromatic nitrogens is 2. The first-order valence-corrected chi connectivity index (χ1v) is 8.41. The van der Waals surface area contributed by atoms with Gasteiger partial charge in [-0.25, -0.2) is 9.37 Å². The van der Waals surface area contributed by atoms with Crippen molar-refractivity contribution < 1.29 is 4.39 Å². The molecule has 0 saturated carbocycles. The van der Waals surface area contributed by atoms with Gasteiger partial charge < -0.3 is 10.2 Å². The van der Waals surface area contributed by atoms with E-state index >= 15 is 0 Å². The molecule has 0 saturated heterocycles. The maximum absolute atomic E-state index is 13.7. The molecule has 0 bridgehead atoms. The molecule has 1 heterocycles. The van der Waals surface area contributed by atoms with Crippen LogP contribution in [0.4, 0.5) is 21.8 Å². The van der Waals surface area contributed by atoms with Crippen LogP contribution in [-0.2, 0) is 6.42 Å². The van der Waals surface area contributed by atoms with Crippen molar-refractivity contribution in [2.45, 2.75) is 13.3 Å². The standard InChI is InChI=1S/C20H21FN4/c1-2-25(17-9-4-3-5-10-17)20-23-15-13-19(24-20)22-14-12-16-8-6-7-11-18(16)21/h3-11,13,15H,2,12,14H2,1H3,(H,22,23,24). The third-order valence-electron chi connectivity index (χ3n) is 3.93. The summed E-state index contributed by atoms with van der Waals surface area (Å²) in [7, 11) is 0. The number of benzene rings is 2. The molecule has 0 aliphatic carbocycles. The van der Waals surface area contributed by atoms with Crippen molar-refractivity contribution in [1.29, 1.82) is 0 Å². The molecule has 0 aliphatic rings. The topological polar surface area (TPSA) is 41.1 Å². The van der Waals surface area contributed by atoms with Gasteiger partial charge in [0.15, 0.2) is 0 Å². The molecule has 0 radical (unpaired) electrons. The Morgan fingerprint density at radius 1 is 1.00 bits per heavy atom. The zero-order valence-electron chi connectivity index (χ0n) is 14.2. The average Bonchev–Trinajstić information content (AvgIpc) is 2.65. The fourth-order valence-electron chi connectivity index (χ4n) is 2.65. The Bertz CT molecular complexity index is 808. The van der Waals surface area contributed by atoms with Crippen molar-refractivity contribution in [2.24, 2.45) is 0 Å². The number of halogens is 1. The van der Waals surface area contributed by atoms with Crippen LogP contribution in [0.2, 0.25) is 0 Å². The summed E-state index contributed by atoms with van der Waals surface area (Å²) in [6, 6.07) is 18.7. The lowest BCUT2D eigenvalue weighted by atomic mass is 10.1. The van der Waals surface area contributed by atoms with Crippen LogP contribution in [0.25, 0.3) is 0 Å². The normalized spacial score (nSPS) is 10.5. The predicted molar refractivity (Wildman–Crippen MR) is 99.7 cm³/mol. The second-order valence-corrected chi connectivity index (χ2v) is 5.59. The molecule has 25 heavy (non-hydrogen) atoms. The lowest BCUT2D eigenvalue weighted by Crippen LogP contribution is -2.19. The predicted octanol–water partition coefficient (Wildman–Crippen LogP) is 4.43. The molecule has 0 spiro atoms. The van der Waals surface area contributed by atoms with Crippen molar-refractivity contribution in [1.82, 2.24) is 9.97 Å². The molecule has 3 aromatic rings. The van der Waals surface area contributed by atoms with Crippen molar-refractivity contribution >= 4 is 17.5 Å². The van der Waals surface area contributed by atoms with Gasteiger partial charge in [-0.2, -0.15) is 4.98 Å². The van der Waals surface area contributed by atoms with E-state index in [9.17, 15) is 4.39 Å². The van der Waals surface area contributed by atoms with Crippen LogP contribution >= 0.6 is 0 Å². The average molecular weight is 336 g/mol. The molecule has 128 valence electrons. The van der Waals surface area contributed by atoms with Crippen molar-refractivity contribution in [3.63, 3.8) is 0 Å². The number of hydrogen-bond acceptors (Lipinski definition) is 4. The van der Waals surface area contributed by atoms with Gasteiger partial charge in [-0.3, -0.25) is 0 Å². The molecule has 0 unspecified atom stereocenters. The molecular weight excluding hydrogens is 315 g/mol. The summed E-state index contributed by atoms with van der Waals surface area (Å²) in [5, 5.41) is 3.25. The second-order valence-electron chi connectivity index (χ2n) is 5.59. The van der Waals surface area contributed by atoms with Gasteiger partial charge in [-0.05, 0) is 43.2 Å². The third-order valence-corrected chi connectivity index (χ3v) is 3.93. The van der Waals surface area contributed by atoms with Gasteiger partial charge in [0.2, 0.25) is 5.95 Å². The lowest BCUT2D eigenvalue weighted by molar-refractivity contribution is 0.610. The molecule has 0 atom stereocenters. The molecule has 0 fully saturated rings. The highest BCUT2D eigenvalue weighted by atomic mass is 19.1. The van der Waals surface area contributed by atoms with E-state index in [1.165, 1.54) is 6.07 Å². The first-order chi connectivity index (χ1) is 12.3. The van der Waals surface area contributed by atoms with Crippen LogP contribution in [0, 0.1) is 5.82 Å². The smallest absolute Gasteiger partial charge is 0.231 e. The van der Waals surface area contributed by atoms with Crippen LogP contribution in [0.3, 0.4) is 0 Å². The number of para-hydroxylation sites is 1. The van der Waals surface area contributed by atoms with E-state index in [0.29, 0.717) is 24.5 Å². The van der Waals surface area contributed by atoms with Gasteiger partial charge >= 0.3 is 0 Å². The highest BCUT2D eigenvalue weighted by molar-refractivity contribution is 5.58. The number of nitrogens with zero attached hydrogens (tertiary/aromatic N) is 3. The van der Waals surface area contributed by atoms with Crippen LogP contribution in [0.15, 0.2) is 66.9 Å². The molecule has 2 aromatic carbocycles. The highest BCUT2D eigenvalue weighted by Crippen LogP contribution is 2.22. The number of hydrogen-bond donors (Lipinski definition) is 1. The van der Waals surface area contributed by atoms with E-state index in [1.807, 2.05) is 47.4 Å². The Hall–Kier alpha value is -2.95. The lowest BCUT2D eigenvalue weighted by Gasteiger charge is -2.21. The number of anilines is 3. The van der Waals surface area contributed by atoms with E-state index in [4.69, 9.17) is 0 Å². The Morgan fingerprint density at radius 3 is 2.52 bits per heavy atom. The second kappa shape index (κ2) is 8.24. The fourth-order valence-corrected chi connectivity index (χ4v) is 2.65. The van der Waals surface area contributed by atoms with Crippen LogP contribution in [-0.4, -0.2) is 23.1 Å². The molecule has 5 heteroatoms. The summed E-state index contributed by atoms with van der Waals surface area (Å²) in [6.45, 7) is 3.44. The summed E-state index contributed by atoms with van der Waals surface area (Å²) in [6.07, 6.45) is 2.33. The Labute approximate surface area is 147 Å². The summed E-state index contributed by atoms with van der Waals surface area (Å²) >= 11 is 0. The summed E-state index contributed by atoms with van der Waals surface area (Å²) < 4.78 is 13.7. The maximum Gasteiger partial charge on any atom is 0.231 e. The first-order valence-electron chi connectivity index (χ1n) is 8.41. The highest BCUT2D eigenvalue weighted by Gasteiger charge is 2.10. The quantitative estimate of drug-likeness (QED) is 0.693. The van der Waals surface area contributed by atoms with Gasteiger partial charge in [0.05, 0.1) is 0 Å². The van der Waals surface area contributed by atoms with Crippen molar-refractivity contribution in [3.8, 4) is 0 Å². The molecule has 3 rings (SSSR count). The SMILES string of the molecule is CCN(c1ccccc1)c1nccc(NCCc2ccccc2F)n1. The van der Waals surface area contributed by atoms with E-state index in [0.717, 1.165) is 18.1 Å². The summed E-state index contributed by atoms with van der Waals surface area (Å²) in [4.78, 5) is 11.0. The molecular formula is C20H21FN4. The molecule has 4 nitrogen and oxygen atoms in total. The molecule has 1 N–H and O–H groups in total. The summed E-state index contributed by atoms with van der Waals surface area (Å²) in [5.41, 5.74) is 1.75. The minimum absolute atomic E-state index is 0.172. The van der Waals surface area contributed by atoms with E-state index in [1.54, 1.807) is 18.3 Å². The number of rotatable bonds is 7. The van der Waals surface area contributed by atoms with Crippen molar-refractivity contribution in [3.05, 3.63) is 78.2 Å². The zero-order chi connectivity index (χ0) is 17.5. The minimum Gasteiger partial charge on any atom is -0.370 e. The Kier molecular flexibility index (Phi) is 5.57. The van der Waals surface area contributed by atoms with Gasteiger partial charge in [-0.15, -0.1) is 0 Å². The minimum atomic E-state index is -0.172. The maximum atomic E-state index is 13.7. The Balaban J connectivity index is 1.68. The van der Waals surface area contributed by atoms with Gasteiger partial charge in [0.1, 0.15) is 11.6 Å². The first kappa shape index (κ1) is 16.9. The summed E-state index contributed by atoms with van der Waals surface area (Å²) in [5.74, 6) is 1.20. The van der Waals surface area contributed by atoms with Crippen LogP contribution in [0.1, 0.15) is 12.5 Å².